The smallest absolute Gasteiger partial charge is 0.355 e. The molecule has 0 fully saturated rings. The van der Waals surface area contributed by atoms with E-state index in [1.807, 2.05) is 9.97 Å². The molecule has 3 heterocycles. The summed E-state index contributed by atoms with van der Waals surface area (Å²) in [7, 11) is 4.47. The Bertz CT molecular complexity index is 2210. The van der Waals surface area contributed by atoms with Gasteiger partial charge in [-0.25, -0.2) is 19.2 Å². The van der Waals surface area contributed by atoms with Gasteiger partial charge in [-0.1, -0.05) is 0 Å². The molecule has 0 unspecified atom stereocenters. The van der Waals surface area contributed by atoms with Crippen LogP contribution in [0.4, 0.5) is 5.69 Å². The van der Waals surface area contributed by atoms with E-state index < -0.39 is 34.4 Å². The zero-order valence-electron chi connectivity index (χ0n) is 28.7. The maximum absolute atomic E-state index is 12.7. The Morgan fingerprint density at radius 3 is 2.04 bits per heavy atom. The molecule has 0 radical (unpaired) electrons. The van der Waals surface area contributed by atoms with Gasteiger partial charge < -0.3 is 29.2 Å². The van der Waals surface area contributed by atoms with E-state index in [4.69, 9.17) is 9.47 Å². The Morgan fingerprint density at radius 1 is 0.731 bits per heavy atom. The van der Waals surface area contributed by atoms with Crippen LogP contribution < -0.4 is 33.1 Å². The van der Waals surface area contributed by atoms with E-state index in [0.29, 0.717) is 61.4 Å². The highest BCUT2D eigenvalue weighted by Crippen LogP contribution is 2.14. The van der Waals surface area contributed by atoms with Crippen LogP contribution >= 0.6 is 0 Å². The number of hydrogen-bond donors (Lipinski definition) is 4. The van der Waals surface area contributed by atoms with Crippen LogP contribution in [0.3, 0.4) is 0 Å². The lowest BCUT2D eigenvalue weighted by atomic mass is 10.2. The Kier molecular flexibility index (Phi) is 13.1. The number of nitrogens with one attached hydrogen (secondary N) is 4. The first-order valence-corrected chi connectivity index (χ1v) is 16.2. The zero-order valence-corrected chi connectivity index (χ0v) is 28.7. The van der Waals surface area contributed by atoms with Crippen LogP contribution in [0, 0.1) is 0 Å². The number of unbranched alkanes of at least 4 members (excludes halogenated alkanes) is 2. The van der Waals surface area contributed by atoms with Crippen LogP contribution in [0.25, 0.3) is 0 Å². The Balaban J connectivity index is 1.14. The summed E-state index contributed by atoms with van der Waals surface area (Å²) in [6.45, 7) is 0.733. The van der Waals surface area contributed by atoms with E-state index in [1.54, 1.807) is 54.2 Å². The monoisotopic (exact) mass is 718 g/mol. The minimum Gasteiger partial charge on any atom is -0.462 e. The molecule has 2 amide bonds. The summed E-state index contributed by atoms with van der Waals surface area (Å²) < 4.78 is 14.0. The molecule has 4 aromatic rings. The summed E-state index contributed by atoms with van der Waals surface area (Å²) in [4.78, 5) is 104. The number of carbonyl (C=O) groups excluding carboxylic acids is 4. The maximum Gasteiger partial charge on any atom is 0.355 e. The number of benzene rings is 1. The summed E-state index contributed by atoms with van der Waals surface area (Å²) in [5, 5.41) is 5.60. The molecule has 52 heavy (non-hydrogen) atoms. The molecule has 0 saturated carbocycles. The van der Waals surface area contributed by atoms with Gasteiger partial charge in [-0.15, -0.1) is 0 Å². The van der Waals surface area contributed by atoms with Gasteiger partial charge in [0.1, 0.15) is 17.0 Å². The number of aliphatic imine (C=N–C) groups is 1. The number of nitrogens with zero attached hydrogens (tertiary/aromatic N) is 4. The van der Waals surface area contributed by atoms with Crippen LogP contribution in [0.5, 0.6) is 0 Å². The first-order chi connectivity index (χ1) is 24.8. The Hall–Kier alpha value is -6.59. The number of carbonyl (C=O) groups is 4. The zero-order chi connectivity index (χ0) is 37.8. The molecule has 0 bridgehead atoms. The minimum atomic E-state index is -0.841. The fourth-order valence-corrected chi connectivity index (χ4v) is 4.72. The van der Waals surface area contributed by atoms with Crippen molar-refractivity contribution in [2.24, 2.45) is 26.1 Å². The van der Waals surface area contributed by atoms with E-state index in [1.165, 1.54) is 14.1 Å². The number of hydrogen-bond acceptors (Lipinski definition) is 11. The molecule has 0 spiro atoms. The van der Waals surface area contributed by atoms with Crippen molar-refractivity contribution in [3.8, 4) is 0 Å². The quantitative estimate of drug-likeness (QED) is 0.0701. The molecule has 1 aromatic carbocycles. The largest absolute Gasteiger partial charge is 0.462 e. The number of aromatic amines is 2. The van der Waals surface area contributed by atoms with Crippen LogP contribution in [-0.2, 0) is 30.6 Å². The molecule has 0 atom stereocenters. The van der Waals surface area contributed by atoms with Crippen LogP contribution in [0.15, 0.2) is 72.8 Å². The summed E-state index contributed by atoms with van der Waals surface area (Å²) >= 11 is 0. The van der Waals surface area contributed by atoms with Crippen molar-refractivity contribution in [2.75, 3.05) is 26.3 Å². The van der Waals surface area contributed by atoms with Gasteiger partial charge in [-0.05, 0) is 62.1 Å². The molecule has 274 valence electrons. The Labute approximate surface area is 295 Å². The molecule has 4 rings (SSSR count). The molecule has 18 heteroatoms. The number of aromatic nitrogens is 5. The second-order valence-electron chi connectivity index (χ2n) is 11.5. The second-order valence-corrected chi connectivity index (χ2v) is 11.5. The van der Waals surface area contributed by atoms with Crippen LogP contribution in [0.2, 0.25) is 0 Å². The predicted molar refractivity (Wildman–Crippen MR) is 187 cm³/mol. The van der Waals surface area contributed by atoms with Crippen molar-refractivity contribution < 1.29 is 28.7 Å². The van der Waals surface area contributed by atoms with E-state index in [2.05, 4.69) is 15.6 Å². The van der Waals surface area contributed by atoms with Crippen molar-refractivity contribution in [3.05, 3.63) is 119 Å². The molecule has 0 aliphatic carbocycles. The second kappa shape index (κ2) is 17.9. The van der Waals surface area contributed by atoms with Gasteiger partial charge in [-0.2, -0.15) is 0 Å². The lowest BCUT2D eigenvalue weighted by molar-refractivity contribution is 0.0479. The topological polar surface area (TPSA) is 238 Å². The molecule has 4 N–H and O–H groups in total. The van der Waals surface area contributed by atoms with Gasteiger partial charge in [0.2, 0.25) is 0 Å². The van der Waals surface area contributed by atoms with E-state index in [0.717, 1.165) is 21.4 Å². The highest BCUT2D eigenvalue weighted by molar-refractivity contribution is 5.95. The summed E-state index contributed by atoms with van der Waals surface area (Å²) in [6.07, 6.45) is 4.63. The van der Waals surface area contributed by atoms with Crippen LogP contribution in [-0.4, -0.2) is 79.9 Å². The normalized spacial score (nSPS) is 11.0. The maximum atomic E-state index is 12.7. The average molecular weight is 719 g/mol. The van der Waals surface area contributed by atoms with Crippen molar-refractivity contribution in [1.29, 1.82) is 0 Å². The third-order valence-electron chi connectivity index (χ3n) is 7.75. The van der Waals surface area contributed by atoms with E-state index >= 15 is 0 Å². The SMILES string of the molecule is Cn1c(/C=N/c2ccc(C(=O)NCCCCOC(=O)c3cn(C)c(=O)[nH]c3=O)cc2)ccc1C(=O)NCCCCOC(=O)c1cc(=O)[nH]c(=O)n1C. The number of ether oxygens (including phenoxy) is 2. The summed E-state index contributed by atoms with van der Waals surface area (Å²) in [5.74, 6) is -2.22. The molecule has 3 aromatic heterocycles. The van der Waals surface area contributed by atoms with Gasteiger partial charge in [0.05, 0.1) is 30.8 Å². The average Bonchev–Trinajstić information content (AvgIpc) is 3.49. The molecule has 0 aliphatic heterocycles. The summed E-state index contributed by atoms with van der Waals surface area (Å²) in [5.41, 5.74) is -1.21. The lowest BCUT2D eigenvalue weighted by Gasteiger charge is -2.09. The fraction of sp³-hybridized carbons (Fsp3) is 0.324. The summed E-state index contributed by atoms with van der Waals surface area (Å²) in [6, 6.07) is 11.0. The number of H-pyrrole nitrogens is 2. The molecular formula is C34H38N8O10. The highest BCUT2D eigenvalue weighted by atomic mass is 16.5. The lowest BCUT2D eigenvalue weighted by Crippen LogP contribution is -2.32. The van der Waals surface area contributed by atoms with Crippen molar-refractivity contribution in [2.45, 2.75) is 25.7 Å². The minimum absolute atomic E-state index is 0.0329. The number of rotatable bonds is 16. The van der Waals surface area contributed by atoms with Gasteiger partial charge in [0, 0.05) is 52.1 Å². The van der Waals surface area contributed by atoms with Gasteiger partial charge >= 0.3 is 23.3 Å². The Morgan fingerprint density at radius 2 is 1.37 bits per heavy atom. The number of esters is 2. The first-order valence-electron chi connectivity index (χ1n) is 16.2. The van der Waals surface area contributed by atoms with E-state index in [9.17, 15) is 38.4 Å². The standard InChI is InChI=1S/C34H38N8O10/c1-40-20-24(29(45)39-33(40)49)31(47)51-16-6-4-14-35-28(44)21-8-10-22(11-9-21)37-19-23-12-13-25(41(23)2)30(46)36-15-5-7-17-52-32(48)26-18-27(43)38-34(50)42(26)3/h8-13,18-20H,4-7,14-17H2,1-3H3,(H,35,44)(H,36,46)(H,38,43,50)(H,39,45,49)/b37-19+. The number of amides is 2. The predicted octanol–water partition coefficient (Wildman–Crippen LogP) is 0.284. The van der Waals surface area contributed by atoms with E-state index in [-0.39, 0.29) is 36.3 Å². The third kappa shape index (κ3) is 10.2. The third-order valence-corrected chi connectivity index (χ3v) is 7.75. The fourth-order valence-electron chi connectivity index (χ4n) is 4.72. The highest BCUT2D eigenvalue weighted by Gasteiger charge is 2.15. The molecule has 0 saturated heterocycles. The van der Waals surface area contributed by atoms with Gasteiger partial charge in [0.25, 0.3) is 22.9 Å². The van der Waals surface area contributed by atoms with Gasteiger partial charge in [-0.3, -0.25) is 38.7 Å². The van der Waals surface area contributed by atoms with Gasteiger partial charge in [0.15, 0.2) is 0 Å². The number of aryl methyl sites for hydroxylation is 1. The van der Waals surface area contributed by atoms with Crippen molar-refractivity contribution in [3.63, 3.8) is 0 Å². The molecule has 18 nitrogen and oxygen atoms in total. The van der Waals surface area contributed by atoms with Crippen LogP contribution in [0.1, 0.15) is 73.1 Å². The molecule has 0 aliphatic rings. The first kappa shape index (κ1) is 38.2. The van der Waals surface area contributed by atoms with Crippen molar-refractivity contribution >= 4 is 35.7 Å². The van der Waals surface area contributed by atoms with Crippen molar-refractivity contribution in [1.82, 2.24) is 34.3 Å². The molecular weight excluding hydrogens is 680 g/mol.